The first-order valence-electron chi connectivity index (χ1n) is 20.9. The molecule has 2 aromatic carbocycles. The van der Waals surface area contributed by atoms with Crippen LogP contribution in [0.25, 0.3) is 0 Å². The number of hydrogen-bond acceptors (Lipinski definition) is 13. The normalized spacial score (nSPS) is 18.0. The molecule has 16 heteroatoms. The largest absolute Gasteiger partial charge is 0.487 e. The van der Waals surface area contributed by atoms with Crippen molar-refractivity contribution < 1.29 is 23.9 Å². The zero-order valence-electron chi connectivity index (χ0n) is 34.7. The molecule has 4 aromatic rings. The van der Waals surface area contributed by atoms with Gasteiger partial charge in [0.25, 0.3) is 0 Å². The van der Waals surface area contributed by atoms with Crippen molar-refractivity contribution in [2.24, 2.45) is 5.92 Å². The first kappa shape index (κ1) is 43.4. The van der Waals surface area contributed by atoms with Crippen LogP contribution < -0.4 is 25.6 Å². The molecule has 3 amide bonds. The SMILES string of the molecule is CC(C)(c1ccc(OCc2ccnc(N3CCN(CC4CCN(CCOCC(=O)Nc5ccc(NC6CCC(=O)NC6=O)nc5)CC4)CC3)n2)cc1)c1cc(Cl)cc(C#N)c1. The van der Waals surface area contributed by atoms with E-state index in [-0.39, 0.29) is 36.2 Å². The Bertz CT molecular complexity index is 2180. The van der Waals surface area contributed by atoms with Gasteiger partial charge in [0, 0.05) is 62.3 Å². The van der Waals surface area contributed by atoms with Gasteiger partial charge in [-0.2, -0.15) is 5.26 Å². The van der Waals surface area contributed by atoms with Crippen LogP contribution in [0, 0.1) is 17.2 Å². The Morgan fingerprint density at radius 3 is 2.46 bits per heavy atom. The van der Waals surface area contributed by atoms with Crippen LogP contribution in [0.3, 0.4) is 0 Å². The van der Waals surface area contributed by atoms with Gasteiger partial charge in [-0.05, 0) is 97.9 Å². The Kier molecular flexibility index (Phi) is 14.4. The molecule has 320 valence electrons. The van der Waals surface area contributed by atoms with Crippen LogP contribution in [0.4, 0.5) is 17.5 Å². The number of benzene rings is 2. The van der Waals surface area contributed by atoms with Crippen LogP contribution >= 0.6 is 11.6 Å². The van der Waals surface area contributed by atoms with Crippen molar-refractivity contribution in [3.63, 3.8) is 0 Å². The van der Waals surface area contributed by atoms with Crippen LogP contribution in [0.2, 0.25) is 5.02 Å². The molecule has 1 atom stereocenters. The molecule has 3 aliphatic rings. The van der Waals surface area contributed by atoms with Gasteiger partial charge in [0.05, 0.1) is 35.8 Å². The molecule has 3 saturated heterocycles. The summed E-state index contributed by atoms with van der Waals surface area (Å²) in [6.45, 7) is 12.6. The maximum atomic E-state index is 12.4. The number of rotatable bonds is 16. The first-order chi connectivity index (χ1) is 29.5. The first-order valence-corrected chi connectivity index (χ1v) is 21.3. The number of carbonyl (C=O) groups excluding carboxylic acids is 3. The van der Waals surface area contributed by atoms with Crippen LogP contribution in [-0.2, 0) is 31.1 Å². The fourth-order valence-corrected chi connectivity index (χ4v) is 8.17. The number of ether oxygens (including phenoxy) is 2. The monoisotopic (exact) mass is 848 g/mol. The fraction of sp³-hybridized carbons (Fsp3) is 0.444. The Hall–Kier alpha value is -5.66. The minimum absolute atomic E-state index is 0.0466. The van der Waals surface area contributed by atoms with E-state index in [2.05, 4.69) is 60.5 Å². The number of hydrogen-bond donors (Lipinski definition) is 3. The standard InChI is InChI=1S/C45H53ClN10O5/c1-45(2,34-23-32(26-47)24-35(46)25-34)33-3-6-38(7-4-33)61-29-37-11-14-48-44(51-37)56-19-17-55(18-20-56)28-31-12-15-54(16-13-31)21-22-60-30-42(58)50-36-5-9-40(49-27-36)52-39-8-10-41(57)53-43(39)59/h3-7,9,11,14,23-25,27,31,39H,8,10,12-13,15-22,28-30H2,1-2H3,(H,49,52)(H,50,58)(H,53,57,59). The number of nitriles is 1. The number of carbonyl (C=O) groups is 3. The third-order valence-electron chi connectivity index (χ3n) is 11.7. The molecule has 0 radical (unpaired) electrons. The van der Waals surface area contributed by atoms with E-state index in [0.717, 1.165) is 93.7 Å². The number of aromatic nitrogens is 3. The number of piperazine rings is 1. The van der Waals surface area contributed by atoms with E-state index in [0.29, 0.717) is 47.6 Å². The number of likely N-dealkylation sites (tertiary alicyclic amines) is 1. The fourth-order valence-electron chi connectivity index (χ4n) is 7.93. The molecule has 61 heavy (non-hydrogen) atoms. The summed E-state index contributed by atoms with van der Waals surface area (Å²) in [6.07, 6.45) is 6.28. The lowest BCUT2D eigenvalue weighted by Crippen LogP contribution is -2.49. The molecular formula is C45H53ClN10O5. The Morgan fingerprint density at radius 2 is 1.74 bits per heavy atom. The topological polar surface area (TPSA) is 178 Å². The zero-order chi connectivity index (χ0) is 42.8. The maximum Gasteiger partial charge on any atom is 0.250 e. The lowest BCUT2D eigenvalue weighted by atomic mass is 9.78. The molecule has 0 bridgehead atoms. The third kappa shape index (κ3) is 12.0. The Labute approximate surface area is 361 Å². The molecule has 1 unspecified atom stereocenters. The molecule has 0 saturated carbocycles. The summed E-state index contributed by atoms with van der Waals surface area (Å²) in [6, 6.07) is 20.5. The van der Waals surface area contributed by atoms with E-state index in [4.69, 9.17) is 26.1 Å². The third-order valence-corrected chi connectivity index (χ3v) is 11.9. The molecular weight excluding hydrogens is 796 g/mol. The number of nitrogens with one attached hydrogen (secondary N) is 3. The van der Waals surface area contributed by atoms with E-state index >= 15 is 0 Å². The van der Waals surface area contributed by atoms with Crippen molar-refractivity contribution in [1.29, 1.82) is 5.26 Å². The van der Waals surface area contributed by atoms with Crippen LogP contribution in [-0.4, -0.2) is 114 Å². The van der Waals surface area contributed by atoms with Gasteiger partial charge in [-0.3, -0.25) is 24.6 Å². The Morgan fingerprint density at radius 1 is 0.951 bits per heavy atom. The predicted molar refractivity (Wildman–Crippen MR) is 232 cm³/mol. The summed E-state index contributed by atoms with van der Waals surface area (Å²) in [5.41, 5.74) is 3.62. The van der Waals surface area contributed by atoms with Gasteiger partial charge in [0.15, 0.2) is 0 Å². The van der Waals surface area contributed by atoms with Crippen molar-refractivity contribution in [1.82, 2.24) is 30.1 Å². The summed E-state index contributed by atoms with van der Waals surface area (Å²) >= 11 is 6.30. The number of anilines is 3. The summed E-state index contributed by atoms with van der Waals surface area (Å²) in [7, 11) is 0. The number of amides is 3. The zero-order valence-corrected chi connectivity index (χ0v) is 35.5. The van der Waals surface area contributed by atoms with Crippen LogP contribution in [0.5, 0.6) is 5.75 Å². The van der Waals surface area contributed by atoms with E-state index in [1.807, 2.05) is 42.5 Å². The minimum atomic E-state index is -0.520. The van der Waals surface area contributed by atoms with E-state index in [1.54, 1.807) is 24.4 Å². The second-order valence-corrected chi connectivity index (χ2v) is 16.8. The van der Waals surface area contributed by atoms with Crippen molar-refractivity contribution >= 4 is 46.8 Å². The highest BCUT2D eigenvalue weighted by Crippen LogP contribution is 2.34. The van der Waals surface area contributed by atoms with Crippen LogP contribution in [0.15, 0.2) is 73.1 Å². The molecule has 0 aliphatic carbocycles. The van der Waals surface area contributed by atoms with Gasteiger partial charge in [-0.1, -0.05) is 37.6 Å². The molecule has 0 spiro atoms. The van der Waals surface area contributed by atoms with Crippen LogP contribution in [0.1, 0.15) is 61.9 Å². The lowest BCUT2D eigenvalue weighted by molar-refractivity contribution is -0.133. The Balaban J connectivity index is 0.759. The quantitative estimate of drug-likeness (QED) is 0.101. The second kappa shape index (κ2) is 20.3. The maximum absolute atomic E-state index is 12.4. The second-order valence-electron chi connectivity index (χ2n) is 16.4. The van der Waals surface area contributed by atoms with Gasteiger partial charge in [0.2, 0.25) is 23.7 Å². The van der Waals surface area contributed by atoms with E-state index in [9.17, 15) is 19.6 Å². The van der Waals surface area contributed by atoms with Crippen molar-refractivity contribution in [2.75, 3.05) is 81.1 Å². The molecule has 15 nitrogen and oxygen atoms in total. The molecule has 3 fully saturated rings. The molecule has 7 rings (SSSR count). The van der Waals surface area contributed by atoms with Gasteiger partial charge in [0.1, 0.15) is 30.8 Å². The number of halogens is 1. The van der Waals surface area contributed by atoms with Crippen molar-refractivity contribution in [2.45, 2.75) is 57.6 Å². The molecule has 5 heterocycles. The van der Waals surface area contributed by atoms with E-state index < -0.39 is 6.04 Å². The highest BCUT2D eigenvalue weighted by atomic mass is 35.5. The smallest absolute Gasteiger partial charge is 0.250 e. The van der Waals surface area contributed by atoms with Crippen molar-refractivity contribution in [3.05, 3.63) is 100 Å². The van der Waals surface area contributed by atoms with Crippen molar-refractivity contribution in [3.8, 4) is 11.8 Å². The van der Waals surface area contributed by atoms with Gasteiger partial charge in [-0.15, -0.1) is 0 Å². The number of nitrogens with zero attached hydrogens (tertiary/aromatic N) is 7. The van der Waals surface area contributed by atoms with Gasteiger partial charge in [-0.25, -0.2) is 15.0 Å². The minimum Gasteiger partial charge on any atom is -0.487 e. The molecule has 2 aromatic heterocycles. The molecule has 3 aliphatic heterocycles. The summed E-state index contributed by atoms with van der Waals surface area (Å²) in [4.78, 5) is 56.7. The molecule has 3 N–H and O–H groups in total. The summed E-state index contributed by atoms with van der Waals surface area (Å²) < 4.78 is 11.8. The predicted octanol–water partition coefficient (Wildman–Crippen LogP) is 5.01. The van der Waals surface area contributed by atoms with E-state index in [1.165, 1.54) is 6.20 Å². The lowest BCUT2D eigenvalue weighted by Gasteiger charge is -2.38. The number of imide groups is 1. The highest BCUT2D eigenvalue weighted by molar-refractivity contribution is 6.30. The van der Waals surface area contributed by atoms with Gasteiger partial charge < -0.3 is 29.9 Å². The number of piperidine rings is 2. The highest BCUT2D eigenvalue weighted by Gasteiger charge is 2.28. The average Bonchev–Trinajstić information content (AvgIpc) is 3.27. The summed E-state index contributed by atoms with van der Waals surface area (Å²) in [5.74, 6) is 1.73. The van der Waals surface area contributed by atoms with Gasteiger partial charge >= 0.3 is 0 Å². The average molecular weight is 849 g/mol. The summed E-state index contributed by atoms with van der Waals surface area (Å²) in [5, 5.41) is 18.1. The number of pyridine rings is 1.